The summed E-state index contributed by atoms with van der Waals surface area (Å²) in [7, 11) is 0. The average molecular weight is 449 g/mol. The third-order valence-electron chi connectivity index (χ3n) is 5.24. The summed E-state index contributed by atoms with van der Waals surface area (Å²) in [6.07, 6.45) is 4.24. The molecule has 164 valence electrons. The van der Waals surface area contributed by atoms with Gasteiger partial charge in [-0.1, -0.05) is 0 Å². The van der Waals surface area contributed by atoms with Crippen LogP contribution in [0.4, 0.5) is 17.3 Å². The topological polar surface area (TPSA) is 103 Å². The number of likely N-dealkylation sites (tertiary alicyclic amines) is 1. The molecule has 0 bridgehead atoms. The van der Waals surface area contributed by atoms with Gasteiger partial charge in [0.2, 0.25) is 11.1 Å². The lowest BCUT2D eigenvalue weighted by molar-refractivity contribution is -0.117. The van der Waals surface area contributed by atoms with Crippen molar-refractivity contribution < 1.29 is 4.79 Å². The summed E-state index contributed by atoms with van der Waals surface area (Å²) in [6.45, 7) is 4.41. The van der Waals surface area contributed by atoms with E-state index in [9.17, 15) is 4.79 Å². The Hall–Kier alpha value is -3.37. The van der Waals surface area contributed by atoms with Gasteiger partial charge in [0.15, 0.2) is 11.6 Å². The molecular weight excluding hydrogens is 424 g/mol. The number of nitrogens with zero attached hydrogens (tertiary/aromatic N) is 5. The predicted octanol–water partition coefficient (Wildman–Crippen LogP) is 3.69. The van der Waals surface area contributed by atoms with Gasteiger partial charge in [0.05, 0.1) is 6.54 Å². The van der Waals surface area contributed by atoms with Crippen molar-refractivity contribution in [3.63, 3.8) is 0 Å². The second-order valence-electron chi connectivity index (χ2n) is 7.80. The van der Waals surface area contributed by atoms with Crippen LogP contribution in [0.25, 0.3) is 5.52 Å². The van der Waals surface area contributed by atoms with Crippen LogP contribution < -0.4 is 10.6 Å². The minimum atomic E-state index is 0.0259. The van der Waals surface area contributed by atoms with Gasteiger partial charge in [-0.3, -0.25) is 14.8 Å². The fourth-order valence-electron chi connectivity index (χ4n) is 3.71. The van der Waals surface area contributed by atoms with Gasteiger partial charge in [-0.05, 0) is 81.0 Å². The monoisotopic (exact) mass is 448 g/mol. The lowest BCUT2D eigenvalue weighted by atomic mass is 10.3. The molecule has 4 heterocycles. The fourth-order valence-corrected chi connectivity index (χ4v) is 4.46. The van der Waals surface area contributed by atoms with Gasteiger partial charge in [-0.2, -0.15) is 5.10 Å². The molecule has 10 heteroatoms. The molecule has 1 aliphatic rings. The lowest BCUT2D eigenvalue weighted by Crippen LogP contribution is -2.30. The lowest BCUT2D eigenvalue weighted by Gasteiger charge is -2.14. The van der Waals surface area contributed by atoms with Crippen LogP contribution in [0.5, 0.6) is 0 Å². The Kier molecular flexibility index (Phi) is 5.78. The van der Waals surface area contributed by atoms with Gasteiger partial charge >= 0.3 is 0 Å². The second-order valence-corrected chi connectivity index (χ2v) is 8.84. The zero-order valence-electron chi connectivity index (χ0n) is 17.7. The maximum Gasteiger partial charge on any atom is 0.238 e. The summed E-state index contributed by atoms with van der Waals surface area (Å²) in [5.74, 6) is 1.41. The van der Waals surface area contributed by atoms with Gasteiger partial charge in [0.1, 0.15) is 5.52 Å². The van der Waals surface area contributed by atoms with Crippen LogP contribution >= 0.6 is 11.8 Å². The first-order valence-corrected chi connectivity index (χ1v) is 11.4. The summed E-state index contributed by atoms with van der Waals surface area (Å²) >= 11 is 1.46. The van der Waals surface area contributed by atoms with Crippen molar-refractivity contribution in [3.8, 4) is 0 Å². The van der Waals surface area contributed by atoms with Crippen LogP contribution in [0.15, 0.2) is 58.7 Å². The third kappa shape index (κ3) is 4.76. The number of benzene rings is 1. The maximum atomic E-state index is 12.2. The summed E-state index contributed by atoms with van der Waals surface area (Å²) < 4.78 is 1.80. The number of amides is 1. The summed E-state index contributed by atoms with van der Waals surface area (Å²) in [4.78, 5) is 20.1. The average Bonchev–Trinajstić information content (AvgIpc) is 3.52. The van der Waals surface area contributed by atoms with E-state index < -0.39 is 0 Å². The van der Waals surface area contributed by atoms with Gasteiger partial charge in [-0.25, -0.2) is 9.50 Å². The van der Waals surface area contributed by atoms with Gasteiger partial charge in [-0.15, -0.1) is 5.10 Å². The molecule has 0 spiro atoms. The Balaban J connectivity index is 1.28. The highest BCUT2D eigenvalue weighted by Crippen LogP contribution is 2.28. The minimum Gasteiger partial charge on any atom is -0.325 e. The van der Waals surface area contributed by atoms with Crippen LogP contribution in [0.1, 0.15) is 18.5 Å². The molecule has 0 saturated carbocycles. The first kappa shape index (κ1) is 20.5. The number of fused-ring (bicyclic) bond motifs is 1. The van der Waals surface area contributed by atoms with Crippen molar-refractivity contribution in [1.29, 1.82) is 0 Å². The van der Waals surface area contributed by atoms with E-state index in [0.29, 0.717) is 23.3 Å². The second kappa shape index (κ2) is 9.01. The van der Waals surface area contributed by atoms with Crippen LogP contribution in [-0.2, 0) is 4.79 Å². The van der Waals surface area contributed by atoms with Crippen LogP contribution in [0, 0.1) is 6.92 Å². The van der Waals surface area contributed by atoms with E-state index in [1.165, 1.54) is 24.6 Å². The fraction of sp³-hybridized carbons (Fsp3) is 0.273. The Labute approximate surface area is 189 Å². The molecule has 1 aromatic carbocycles. The van der Waals surface area contributed by atoms with Crippen molar-refractivity contribution in [2.24, 2.45) is 0 Å². The molecule has 32 heavy (non-hydrogen) atoms. The van der Waals surface area contributed by atoms with E-state index in [1.54, 1.807) is 4.52 Å². The molecule has 1 aliphatic heterocycles. The Morgan fingerprint density at radius 1 is 1.19 bits per heavy atom. The molecule has 4 aromatic rings. The highest BCUT2D eigenvalue weighted by Gasteiger charge is 2.15. The Morgan fingerprint density at radius 2 is 2.00 bits per heavy atom. The molecular formula is C22H24N8OS. The number of nitrogens with one attached hydrogen (secondary N) is 3. The zero-order valence-corrected chi connectivity index (χ0v) is 18.5. The number of aromatic amines is 1. The number of carbonyl (C=O) groups is 1. The molecule has 0 unspecified atom stereocenters. The van der Waals surface area contributed by atoms with Crippen molar-refractivity contribution in [1.82, 2.24) is 29.7 Å². The van der Waals surface area contributed by atoms with Crippen molar-refractivity contribution in [3.05, 3.63) is 54.4 Å². The zero-order chi connectivity index (χ0) is 21.9. The van der Waals surface area contributed by atoms with E-state index in [0.717, 1.165) is 34.9 Å². The SMILES string of the molecule is Cc1cc(Nc2nc(Sc3ccc(NC(=O)CN4CCCC4)cc3)nn3cccc23)n[nH]1. The Bertz CT molecular complexity index is 1230. The molecule has 0 radical (unpaired) electrons. The normalized spacial score (nSPS) is 14.2. The van der Waals surface area contributed by atoms with E-state index in [-0.39, 0.29) is 5.91 Å². The standard InChI is InChI=1S/C22H24N8OS/c1-15-13-19(27-26-15)24-21-18-5-4-12-30(18)28-22(25-21)32-17-8-6-16(7-9-17)23-20(31)14-29-10-2-3-11-29/h4-9,12-13H,2-3,10-11,14H2,1H3,(H,23,31)(H2,24,25,26,27,28). The summed E-state index contributed by atoms with van der Waals surface area (Å²) in [5.41, 5.74) is 2.62. The first-order valence-electron chi connectivity index (χ1n) is 10.6. The molecule has 0 aliphatic carbocycles. The number of aromatic nitrogens is 5. The van der Waals surface area contributed by atoms with Crippen molar-refractivity contribution >= 4 is 40.5 Å². The quantitative estimate of drug-likeness (QED) is 0.396. The number of H-pyrrole nitrogens is 1. The van der Waals surface area contributed by atoms with E-state index >= 15 is 0 Å². The molecule has 3 aromatic heterocycles. The van der Waals surface area contributed by atoms with Crippen LogP contribution in [0.3, 0.4) is 0 Å². The smallest absolute Gasteiger partial charge is 0.238 e. The molecule has 1 saturated heterocycles. The molecule has 1 amide bonds. The summed E-state index contributed by atoms with van der Waals surface area (Å²) in [6, 6.07) is 13.5. The molecule has 9 nitrogen and oxygen atoms in total. The van der Waals surface area contributed by atoms with Crippen molar-refractivity contribution in [2.75, 3.05) is 30.3 Å². The van der Waals surface area contributed by atoms with Gasteiger partial charge < -0.3 is 10.6 Å². The largest absolute Gasteiger partial charge is 0.325 e. The number of hydrogen-bond acceptors (Lipinski definition) is 7. The number of rotatable bonds is 7. The predicted molar refractivity (Wildman–Crippen MR) is 124 cm³/mol. The van der Waals surface area contributed by atoms with Crippen molar-refractivity contribution in [2.45, 2.75) is 29.8 Å². The third-order valence-corrected chi connectivity index (χ3v) is 6.10. The molecule has 5 rings (SSSR count). The van der Waals surface area contributed by atoms with E-state index in [1.807, 2.05) is 55.6 Å². The number of aryl methyl sites for hydroxylation is 1. The van der Waals surface area contributed by atoms with E-state index in [4.69, 9.17) is 4.98 Å². The summed E-state index contributed by atoms with van der Waals surface area (Å²) in [5, 5.41) is 18.6. The molecule has 0 atom stereocenters. The van der Waals surface area contributed by atoms with Crippen LogP contribution in [0.2, 0.25) is 0 Å². The highest BCUT2D eigenvalue weighted by atomic mass is 32.2. The number of carbonyl (C=O) groups excluding carboxylic acids is 1. The number of hydrogen-bond donors (Lipinski definition) is 3. The highest BCUT2D eigenvalue weighted by molar-refractivity contribution is 7.99. The minimum absolute atomic E-state index is 0.0259. The van der Waals surface area contributed by atoms with Gasteiger partial charge in [0.25, 0.3) is 0 Å². The maximum absolute atomic E-state index is 12.2. The number of anilines is 3. The molecule has 3 N–H and O–H groups in total. The van der Waals surface area contributed by atoms with E-state index in [2.05, 4.69) is 30.8 Å². The van der Waals surface area contributed by atoms with Gasteiger partial charge in [0, 0.05) is 28.5 Å². The Morgan fingerprint density at radius 3 is 2.75 bits per heavy atom. The first-order chi connectivity index (χ1) is 15.6. The molecule has 1 fully saturated rings. The van der Waals surface area contributed by atoms with Crippen LogP contribution in [-0.4, -0.2) is 55.2 Å².